The molecule has 1 aliphatic heterocycles. The van der Waals surface area contributed by atoms with Crippen LogP contribution in [0.5, 0.6) is 0 Å². The Morgan fingerprint density at radius 1 is 1.55 bits per heavy atom. The van der Waals surface area contributed by atoms with Gasteiger partial charge in [0.2, 0.25) is 5.91 Å². The van der Waals surface area contributed by atoms with E-state index in [2.05, 4.69) is 15.9 Å². The third kappa shape index (κ3) is 3.57. The first-order valence-corrected chi connectivity index (χ1v) is 8.43. The molecule has 0 saturated carbocycles. The molecule has 0 spiro atoms. The summed E-state index contributed by atoms with van der Waals surface area (Å²) in [6, 6.07) is 3.80. The number of hydrogen-bond donors (Lipinski definition) is 0. The Morgan fingerprint density at radius 2 is 2.25 bits per heavy atom. The maximum atomic E-state index is 12.2. The summed E-state index contributed by atoms with van der Waals surface area (Å²) in [6.45, 7) is 4.12. The largest absolute Gasteiger partial charge is 0.310 e. The van der Waals surface area contributed by atoms with Crippen molar-refractivity contribution in [3.05, 3.63) is 27.2 Å². The molecule has 1 amide bonds. The summed E-state index contributed by atoms with van der Waals surface area (Å²) in [4.78, 5) is 24.9. The van der Waals surface area contributed by atoms with Gasteiger partial charge in [0.05, 0.1) is 10.7 Å². The lowest BCUT2D eigenvalue weighted by atomic mass is 10.1. The van der Waals surface area contributed by atoms with Gasteiger partial charge in [-0.25, -0.2) is 0 Å². The molecule has 1 aromatic carbocycles. The smallest absolute Gasteiger partial charge is 0.227 e. The van der Waals surface area contributed by atoms with Crippen LogP contribution in [-0.2, 0) is 9.59 Å². The molecular weight excluding hydrogens is 362 g/mol. The van der Waals surface area contributed by atoms with Gasteiger partial charge in [0.15, 0.2) is 5.12 Å². The van der Waals surface area contributed by atoms with E-state index in [1.165, 1.54) is 11.8 Å². The van der Waals surface area contributed by atoms with Gasteiger partial charge in [-0.1, -0.05) is 23.4 Å². The molecule has 1 fully saturated rings. The van der Waals surface area contributed by atoms with E-state index < -0.39 is 0 Å². The summed E-state index contributed by atoms with van der Waals surface area (Å²) in [7, 11) is 0. The summed E-state index contributed by atoms with van der Waals surface area (Å²) in [5.74, 6) is 0.935. The van der Waals surface area contributed by atoms with Crippen molar-refractivity contribution in [2.75, 3.05) is 17.2 Å². The van der Waals surface area contributed by atoms with Crippen molar-refractivity contribution >= 4 is 56.0 Å². The number of hydrogen-bond acceptors (Lipinski definition) is 3. The predicted octanol–water partition coefficient (Wildman–Crippen LogP) is 4.04. The molecule has 2 rings (SSSR count). The monoisotopic (exact) mass is 375 g/mol. The fraction of sp³-hybridized carbons (Fsp3) is 0.429. The van der Waals surface area contributed by atoms with Gasteiger partial charge in [-0.2, -0.15) is 0 Å². The van der Waals surface area contributed by atoms with E-state index >= 15 is 0 Å². The minimum absolute atomic E-state index is 0.0607. The van der Waals surface area contributed by atoms with Crippen molar-refractivity contribution in [1.29, 1.82) is 0 Å². The second-order valence-electron chi connectivity index (χ2n) is 4.95. The molecule has 0 aromatic heterocycles. The van der Waals surface area contributed by atoms with Crippen molar-refractivity contribution < 1.29 is 9.59 Å². The quantitative estimate of drug-likeness (QED) is 0.799. The Labute approximate surface area is 136 Å². The molecule has 1 heterocycles. The van der Waals surface area contributed by atoms with E-state index in [0.29, 0.717) is 23.7 Å². The predicted molar refractivity (Wildman–Crippen MR) is 87.5 cm³/mol. The van der Waals surface area contributed by atoms with Crippen molar-refractivity contribution in [3.63, 3.8) is 0 Å². The lowest BCUT2D eigenvalue weighted by Gasteiger charge is -2.20. The zero-order valence-electron chi connectivity index (χ0n) is 11.3. The molecule has 1 unspecified atom stereocenters. The van der Waals surface area contributed by atoms with Crippen molar-refractivity contribution in [1.82, 2.24) is 0 Å². The van der Waals surface area contributed by atoms with Crippen molar-refractivity contribution in [2.45, 2.75) is 20.3 Å². The van der Waals surface area contributed by atoms with Gasteiger partial charge >= 0.3 is 0 Å². The maximum absolute atomic E-state index is 12.2. The third-order valence-electron chi connectivity index (χ3n) is 3.16. The van der Waals surface area contributed by atoms with Crippen LogP contribution in [0.3, 0.4) is 0 Å². The van der Waals surface area contributed by atoms with E-state index in [-0.39, 0.29) is 16.9 Å². The molecule has 3 nitrogen and oxygen atoms in total. The fourth-order valence-electron chi connectivity index (χ4n) is 2.29. The maximum Gasteiger partial charge on any atom is 0.227 e. The van der Waals surface area contributed by atoms with Gasteiger partial charge in [0.25, 0.3) is 0 Å². The average Bonchev–Trinajstić information content (AvgIpc) is 2.67. The van der Waals surface area contributed by atoms with Crippen LogP contribution in [0, 0.1) is 12.8 Å². The number of thioether (sulfide) groups is 1. The van der Waals surface area contributed by atoms with Gasteiger partial charge in [0.1, 0.15) is 0 Å². The van der Waals surface area contributed by atoms with Crippen molar-refractivity contribution in [3.8, 4) is 0 Å². The minimum atomic E-state index is 0.0607. The first-order valence-electron chi connectivity index (χ1n) is 6.28. The van der Waals surface area contributed by atoms with E-state index in [1.807, 2.05) is 19.1 Å². The first-order chi connectivity index (χ1) is 9.38. The number of aryl methyl sites for hydroxylation is 1. The second-order valence-corrected chi connectivity index (χ2v) is 7.41. The summed E-state index contributed by atoms with van der Waals surface area (Å²) in [6.07, 6.45) is 0.469. The van der Waals surface area contributed by atoms with Crippen LogP contribution < -0.4 is 4.90 Å². The SMILES string of the molecule is CC(=O)SCC1CC(=O)N(c2c(Cl)cc(C)cc2Br)C1. The number of nitrogens with zero attached hydrogens (tertiary/aromatic N) is 1. The highest BCUT2D eigenvalue weighted by molar-refractivity contribution is 9.10. The first kappa shape index (κ1) is 15.9. The molecule has 1 aliphatic rings. The molecule has 1 aromatic rings. The van der Waals surface area contributed by atoms with E-state index in [0.717, 1.165) is 15.7 Å². The highest BCUT2D eigenvalue weighted by Gasteiger charge is 2.32. The molecule has 108 valence electrons. The molecule has 0 N–H and O–H groups in total. The van der Waals surface area contributed by atoms with Gasteiger partial charge in [-0.05, 0) is 46.5 Å². The number of rotatable bonds is 3. The average molecular weight is 377 g/mol. The van der Waals surface area contributed by atoms with Crippen LogP contribution in [-0.4, -0.2) is 23.3 Å². The number of halogens is 2. The summed E-state index contributed by atoms with van der Waals surface area (Å²) in [5, 5.41) is 0.663. The Morgan fingerprint density at radius 3 is 2.85 bits per heavy atom. The van der Waals surface area contributed by atoms with E-state index in [9.17, 15) is 9.59 Å². The lowest BCUT2D eigenvalue weighted by molar-refractivity contribution is -0.117. The normalized spacial score (nSPS) is 18.7. The number of benzene rings is 1. The van der Waals surface area contributed by atoms with Gasteiger partial charge < -0.3 is 4.90 Å². The van der Waals surface area contributed by atoms with E-state index in [1.54, 1.807) is 11.8 Å². The van der Waals surface area contributed by atoms with Crippen LogP contribution in [0.4, 0.5) is 5.69 Å². The molecule has 1 atom stereocenters. The summed E-state index contributed by atoms with van der Waals surface area (Å²) < 4.78 is 0.829. The molecule has 1 saturated heterocycles. The van der Waals surface area contributed by atoms with Crippen LogP contribution in [0.2, 0.25) is 5.02 Å². The molecule has 20 heavy (non-hydrogen) atoms. The zero-order valence-corrected chi connectivity index (χ0v) is 14.4. The minimum Gasteiger partial charge on any atom is -0.310 e. The van der Waals surface area contributed by atoms with Crippen LogP contribution in [0.1, 0.15) is 18.9 Å². The highest BCUT2D eigenvalue weighted by Crippen LogP contribution is 2.38. The van der Waals surface area contributed by atoms with Crippen LogP contribution in [0.25, 0.3) is 0 Å². The molecule has 6 heteroatoms. The highest BCUT2D eigenvalue weighted by atomic mass is 79.9. The summed E-state index contributed by atoms with van der Waals surface area (Å²) >= 11 is 11.0. The lowest BCUT2D eigenvalue weighted by Crippen LogP contribution is -2.25. The van der Waals surface area contributed by atoms with Crippen LogP contribution in [0.15, 0.2) is 16.6 Å². The second kappa shape index (κ2) is 6.50. The number of anilines is 1. The van der Waals surface area contributed by atoms with Gasteiger partial charge in [0, 0.05) is 30.1 Å². The molecule has 0 bridgehead atoms. The zero-order chi connectivity index (χ0) is 14.9. The van der Waals surface area contributed by atoms with Gasteiger partial charge in [-0.3, -0.25) is 9.59 Å². The molecule has 0 aliphatic carbocycles. The van der Waals surface area contributed by atoms with Crippen molar-refractivity contribution in [2.24, 2.45) is 5.92 Å². The summed E-state index contributed by atoms with van der Waals surface area (Å²) in [5.41, 5.74) is 1.78. The Bertz CT molecular complexity index is 541. The Balaban J connectivity index is 2.18. The topological polar surface area (TPSA) is 37.4 Å². The van der Waals surface area contributed by atoms with Gasteiger partial charge in [-0.15, -0.1) is 0 Å². The Kier molecular flexibility index (Phi) is 5.15. The molecule has 0 radical (unpaired) electrons. The molecular formula is C14H15BrClNO2S. The fourth-order valence-corrected chi connectivity index (χ4v) is 4.27. The number of carbonyl (C=O) groups is 2. The standard InChI is InChI=1S/C14H15BrClNO2S/c1-8-3-11(15)14(12(16)4-8)17-6-10(5-13(17)19)7-20-9(2)18/h3-4,10H,5-7H2,1-2H3. The third-order valence-corrected chi connectivity index (χ3v) is 5.10. The number of amides is 1. The van der Waals surface area contributed by atoms with Crippen LogP contribution >= 0.6 is 39.3 Å². The number of carbonyl (C=O) groups excluding carboxylic acids is 2. The van der Waals surface area contributed by atoms with E-state index in [4.69, 9.17) is 11.6 Å². The Hall–Kier alpha value is -0.520.